The Kier molecular flexibility index (Phi) is 5.94. The van der Waals surface area contributed by atoms with Crippen LogP contribution in [0.3, 0.4) is 0 Å². The third-order valence-corrected chi connectivity index (χ3v) is 5.03. The lowest BCUT2D eigenvalue weighted by Gasteiger charge is -2.34. The molecule has 2 rings (SSSR count). The molecule has 1 amide bonds. The first-order valence-corrected chi connectivity index (χ1v) is 9.89. The fourth-order valence-corrected chi connectivity index (χ4v) is 3.44. The van der Waals surface area contributed by atoms with Crippen molar-refractivity contribution in [3.63, 3.8) is 0 Å². The van der Waals surface area contributed by atoms with Crippen LogP contribution in [0.5, 0.6) is 0 Å². The largest absolute Gasteiger partial charge is 0.334 e. The van der Waals surface area contributed by atoms with Crippen LogP contribution in [0.1, 0.15) is 44.2 Å². The van der Waals surface area contributed by atoms with Gasteiger partial charge in [0.25, 0.3) is 0 Å². The molecule has 1 aromatic rings. The van der Waals surface area contributed by atoms with Crippen LogP contribution >= 0.6 is 0 Å². The first-order valence-electron chi connectivity index (χ1n) is 7.83. The first-order chi connectivity index (χ1) is 10.5. The molecule has 1 fully saturated rings. The highest BCUT2D eigenvalue weighted by molar-refractivity contribution is 7.90. The first kappa shape index (κ1) is 16.9. The van der Waals surface area contributed by atoms with Gasteiger partial charge in [-0.2, -0.15) is 0 Å². The van der Waals surface area contributed by atoms with Crippen molar-refractivity contribution in [2.24, 2.45) is 0 Å². The van der Waals surface area contributed by atoms with E-state index in [1.54, 1.807) is 6.20 Å². The molecule has 122 valence electrons. The van der Waals surface area contributed by atoms with Gasteiger partial charge in [-0.3, -0.25) is 9.78 Å². The van der Waals surface area contributed by atoms with Crippen LogP contribution in [0.25, 0.3) is 0 Å². The lowest BCUT2D eigenvalue weighted by molar-refractivity contribution is -0.134. The maximum absolute atomic E-state index is 12.5. The van der Waals surface area contributed by atoms with Crippen LogP contribution in [0, 0.1) is 0 Å². The molecule has 1 aromatic heterocycles. The molecule has 5 nitrogen and oxygen atoms in total. The second kappa shape index (κ2) is 7.72. The Bertz CT molecular complexity index is 581. The Morgan fingerprint density at radius 3 is 2.59 bits per heavy atom. The van der Waals surface area contributed by atoms with Crippen molar-refractivity contribution in [1.29, 1.82) is 0 Å². The molecule has 0 N–H and O–H groups in total. The van der Waals surface area contributed by atoms with Gasteiger partial charge in [-0.1, -0.05) is 25.3 Å². The van der Waals surface area contributed by atoms with E-state index in [0.717, 1.165) is 31.4 Å². The molecule has 0 atom stereocenters. The quantitative estimate of drug-likeness (QED) is 0.804. The van der Waals surface area contributed by atoms with Crippen LogP contribution < -0.4 is 0 Å². The van der Waals surface area contributed by atoms with Gasteiger partial charge in [0.2, 0.25) is 5.91 Å². The Morgan fingerprint density at radius 1 is 1.27 bits per heavy atom. The number of sulfone groups is 1. The fraction of sp³-hybridized carbons (Fsp3) is 0.625. The predicted molar refractivity (Wildman–Crippen MR) is 86.0 cm³/mol. The minimum absolute atomic E-state index is 0.0577. The van der Waals surface area contributed by atoms with Crippen molar-refractivity contribution in [3.8, 4) is 0 Å². The smallest absolute Gasteiger partial charge is 0.224 e. The number of rotatable bonds is 6. The molecule has 0 saturated heterocycles. The van der Waals surface area contributed by atoms with Crippen molar-refractivity contribution in [2.75, 3.05) is 12.0 Å². The summed E-state index contributed by atoms with van der Waals surface area (Å²) in [5.41, 5.74) is 0.848. The van der Waals surface area contributed by atoms with Gasteiger partial charge in [-0.05, 0) is 25.0 Å². The minimum Gasteiger partial charge on any atom is -0.334 e. The molecule has 0 unspecified atom stereocenters. The molecule has 1 saturated carbocycles. The van der Waals surface area contributed by atoms with Gasteiger partial charge in [-0.25, -0.2) is 8.42 Å². The van der Waals surface area contributed by atoms with Gasteiger partial charge in [0.15, 0.2) is 0 Å². The average molecular weight is 324 g/mol. The normalized spacial score (nSPS) is 16.4. The van der Waals surface area contributed by atoms with Crippen molar-refractivity contribution in [3.05, 3.63) is 30.1 Å². The number of nitrogens with zero attached hydrogens (tertiary/aromatic N) is 2. The molecule has 0 bridgehead atoms. The summed E-state index contributed by atoms with van der Waals surface area (Å²) in [6.07, 6.45) is 8.41. The highest BCUT2D eigenvalue weighted by Crippen LogP contribution is 2.24. The summed E-state index contributed by atoms with van der Waals surface area (Å²) in [5, 5.41) is 0. The van der Waals surface area contributed by atoms with Gasteiger partial charge >= 0.3 is 0 Å². The van der Waals surface area contributed by atoms with Crippen molar-refractivity contribution in [2.45, 2.75) is 51.1 Å². The van der Waals surface area contributed by atoms with E-state index in [2.05, 4.69) is 4.98 Å². The Balaban J connectivity index is 2.08. The van der Waals surface area contributed by atoms with E-state index in [0.29, 0.717) is 6.54 Å². The molecule has 1 heterocycles. The summed E-state index contributed by atoms with van der Waals surface area (Å²) >= 11 is 0. The zero-order valence-electron chi connectivity index (χ0n) is 13.1. The maximum atomic E-state index is 12.5. The van der Waals surface area contributed by atoms with Gasteiger partial charge in [-0.15, -0.1) is 0 Å². The van der Waals surface area contributed by atoms with E-state index >= 15 is 0 Å². The van der Waals surface area contributed by atoms with Gasteiger partial charge < -0.3 is 4.90 Å². The molecule has 1 aliphatic rings. The average Bonchev–Trinajstić information content (AvgIpc) is 2.51. The van der Waals surface area contributed by atoms with Crippen LogP contribution in [0.15, 0.2) is 24.4 Å². The summed E-state index contributed by atoms with van der Waals surface area (Å²) in [7, 11) is -3.12. The Morgan fingerprint density at radius 2 is 2.00 bits per heavy atom. The molecule has 0 spiro atoms. The van der Waals surface area contributed by atoms with E-state index in [-0.39, 0.29) is 24.1 Å². The number of aromatic nitrogens is 1. The number of hydrogen-bond acceptors (Lipinski definition) is 4. The number of hydrogen-bond donors (Lipinski definition) is 0. The standard InChI is InChI=1S/C16H24N2O3S/c1-22(20,21)12-10-16(19)18(15-8-3-2-4-9-15)13-14-7-5-6-11-17-14/h5-7,11,15H,2-4,8-10,12-13H2,1H3. The highest BCUT2D eigenvalue weighted by atomic mass is 32.2. The SMILES string of the molecule is CS(=O)(=O)CCC(=O)N(Cc1ccccn1)C1CCCCC1. The van der Waals surface area contributed by atoms with Gasteiger partial charge in [0.05, 0.1) is 18.0 Å². The second-order valence-corrected chi connectivity index (χ2v) is 8.27. The Labute approximate surface area is 132 Å². The van der Waals surface area contributed by atoms with E-state index < -0.39 is 9.84 Å². The van der Waals surface area contributed by atoms with E-state index in [1.807, 2.05) is 23.1 Å². The van der Waals surface area contributed by atoms with E-state index in [4.69, 9.17) is 0 Å². The molecular weight excluding hydrogens is 300 g/mol. The number of pyridine rings is 1. The highest BCUT2D eigenvalue weighted by Gasteiger charge is 2.26. The van der Waals surface area contributed by atoms with E-state index in [1.165, 1.54) is 12.7 Å². The second-order valence-electron chi connectivity index (χ2n) is 6.01. The molecule has 0 aliphatic heterocycles. The Hall–Kier alpha value is -1.43. The van der Waals surface area contributed by atoms with Crippen LogP contribution in [-0.2, 0) is 21.2 Å². The summed E-state index contributed by atoms with van der Waals surface area (Å²) in [5.74, 6) is -0.167. The molecule has 22 heavy (non-hydrogen) atoms. The third-order valence-electron chi connectivity index (χ3n) is 4.08. The summed E-state index contributed by atoms with van der Waals surface area (Å²) in [6.45, 7) is 0.466. The summed E-state index contributed by atoms with van der Waals surface area (Å²) < 4.78 is 22.6. The molecule has 0 radical (unpaired) electrons. The van der Waals surface area contributed by atoms with Gasteiger partial charge in [0.1, 0.15) is 9.84 Å². The lowest BCUT2D eigenvalue weighted by Crippen LogP contribution is -2.41. The molecule has 1 aliphatic carbocycles. The van der Waals surface area contributed by atoms with Crippen LogP contribution in [0.2, 0.25) is 0 Å². The van der Waals surface area contributed by atoms with Crippen molar-refractivity contribution in [1.82, 2.24) is 9.88 Å². The summed E-state index contributed by atoms with van der Waals surface area (Å²) in [6, 6.07) is 5.87. The maximum Gasteiger partial charge on any atom is 0.224 e. The van der Waals surface area contributed by atoms with Crippen LogP contribution in [0.4, 0.5) is 0 Å². The van der Waals surface area contributed by atoms with Gasteiger partial charge in [0, 0.05) is 24.9 Å². The number of carbonyl (C=O) groups is 1. The molecular formula is C16H24N2O3S. The van der Waals surface area contributed by atoms with E-state index in [9.17, 15) is 13.2 Å². The number of amides is 1. The topological polar surface area (TPSA) is 67.3 Å². The third kappa shape index (κ3) is 5.40. The molecule has 6 heteroatoms. The zero-order chi connectivity index (χ0) is 16.0. The summed E-state index contributed by atoms with van der Waals surface area (Å²) in [4.78, 5) is 18.7. The predicted octanol–water partition coefficient (Wildman–Crippen LogP) is 2.18. The molecule has 0 aromatic carbocycles. The fourth-order valence-electron chi connectivity index (χ4n) is 2.90. The zero-order valence-corrected chi connectivity index (χ0v) is 13.9. The number of carbonyl (C=O) groups excluding carboxylic acids is 1. The van der Waals surface area contributed by atoms with Crippen molar-refractivity contribution >= 4 is 15.7 Å². The van der Waals surface area contributed by atoms with Crippen LogP contribution in [-0.4, -0.2) is 42.3 Å². The lowest BCUT2D eigenvalue weighted by atomic mass is 9.94. The van der Waals surface area contributed by atoms with Crippen molar-refractivity contribution < 1.29 is 13.2 Å². The minimum atomic E-state index is -3.12. The monoisotopic (exact) mass is 324 g/mol.